The van der Waals surface area contributed by atoms with Crippen LogP contribution in [0.5, 0.6) is 5.75 Å². The Balaban J connectivity index is 1.75. The number of rotatable bonds is 7. The molecule has 1 aliphatic heterocycles. The van der Waals surface area contributed by atoms with Crippen LogP contribution in [0, 0.1) is 10.1 Å². The zero-order valence-corrected chi connectivity index (χ0v) is 15.8. The fraction of sp³-hybridized carbons (Fsp3) is 0.350. The molecular weight excluding hydrogens is 360 g/mol. The lowest BCUT2D eigenvalue weighted by Gasteiger charge is -2.28. The molecule has 0 spiro atoms. The SMILES string of the molecule is COc1ccc(C(CNC(=O)c2ccc(N)c([N+](=O)[O-])c2)N2CCCC2)cc1. The Hall–Kier alpha value is -3.13. The molecule has 1 unspecified atom stereocenters. The number of nitro groups is 1. The first-order valence-corrected chi connectivity index (χ1v) is 9.19. The molecule has 2 aromatic carbocycles. The highest BCUT2D eigenvalue weighted by Crippen LogP contribution is 2.27. The number of hydrogen-bond acceptors (Lipinski definition) is 6. The van der Waals surface area contributed by atoms with Crippen molar-refractivity contribution >= 4 is 17.3 Å². The molecule has 2 aromatic rings. The van der Waals surface area contributed by atoms with Crippen LogP contribution in [0.15, 0.2) is 42.5 Å². The zero-order chi connectivity index (χ0) is 20.1. The minimum absolute atomic E-state index is 0.0288. The van der Waals surface area contributed by atoms with Crippen LogP contribution < -0.4 is 15.8 Å². The van der Waals surface area contributed by atoms with Gasteiger partial charge in [0, 0.05) is 18.2 Å². The highest BCUT2D eigenvalue weighted by atomic mass is 16.6. The van der Waals surface area contributed by atoms with Crippen LogP contribution in [0.3, 0.4) is 0 Å². The minimum Gasteiger partial charge on any atom is -0.497 e. The molecule has 0 aromatic heterocycles. The summed E-state index contributed by atoms with van der Waals surface area (Å²) >= 11 is 0. The molecule has 8 nitrogen and oxygen atoms in total. The molecule has 1 heterocycles. The summed E-state index contributed by atoms with van der Waals surface area (Å²) in [5, 5.41) is 14.0. The van der Waals surface area contributed by atoms with E-state index in [4.69, 9.17) is 10.5 Å². The Morgan fingerprint density at radius 1 is 1.25 bits per heavy atom. The van der Waals surface area contributed by atoms with E-state index in [1.165, 1.54) is 18.2 Å². The summed E-state index contributed by atoms with van der Waals surface area (Å²) in [4.78, 5) is 25.4. The second-order valence-corrected chi connectivity index (χ2v) is 6.77. The summed E-state index contributed by atoms with van der Waals surface area (Å²) in [7, 11) is 1.62. The van der Waals surface area contributed by atoms with Crippen molar-refractivity contribution in [1.82, 2.24) is 10.2 Å². The van der Waals surface area contributed by atoms with Crippen LogP contribution in [0.25, 0.3) is 0 Å². The smallest absolute Gasteiger partial charge is 0.292 e. The molecular formula is C20H24N4O4. The van der Waals surface area contributed by atoms with Crippen molar-refractivity contribution in [1.29, 1.82) is 0 Å². The molecule has 0 saturated carbocycles. The number of methoxy groups -OCH3 is 1. The van der Waals surface area contributed by atoms with E-state index in [2.05, 4.69) is 10.2 Å². The number of hydrogen-bond donors (Lipinski definition) is 2. The van der Waals surface area contributed by atoms with Crippen molar-refractivity contribution in [3.8, 4) is 5.75 Å². The largest absolute Gasteiger partial charge is 0.497 e. The third kappa shape index (κ3) is 4.40. The van der Waals surface area contributed by atoms with Gasteiger partial charge in [-0.1, -0.05) is 12.1 Å². The van der Waals surface area contributed by atoms with Gasteiger partial charge >= 0.3 is 0 Å². The molecule has 3 N–H and O–H groups in total. The summed E-state index contributed by atoms with van der Waals surface area (Å²) in [6.45, 7) is 2.35. The third-order valence-corrected chi connectivity index (χ3v) is 5.03. The Morgan fingerprint density at radius 3 is 2.54 bits per heavy atom. The van der Waals surface area contributed by atoms with E-state index in [1.54, 1.807) is 7.11 Å². The van der Waals surface area contributed by atoms with Crippen molar-refractivity contribution in [2.45, 2.75) is 18.9 Å². The fourth-order valence-corrected chi connectivity index (χ4v) is 3.47. The Kier molecular flexibility index (Phi) is 6.10. The zero-order valence-electron chi connectivity index (χ0n) is 15.8. The van der Waals surface area contributed by atoms with Crippen LogP contribution in [-0.4, -0.2) is 42.5 Å². The highest BCUT2D eigenvalue weighted by molar-refractivity contribution is 5.95. The predicted molar refractivity (Wildman–Crippen MR) is 106 cm³/mol. The average Bonchev–Trinajstić information content (AvgIpc) is 3.23. The first kappa shape index (κ1) is 19.6. The summed E-state index contributed by atoms with van der Waals surface area (Å²) in [6, 6.07) is 11.9. The molecule has 0 aliphatic carbocycles. The van der Waals surface area contributed by atoms with Crippen molar-refractivity contribution < 1.29 is 14.5 Å². The Morgan fingerprint density at radius 2 is 1.93 bits per heavy atom. The maximum absolute atomic E-state index is 12.6. The van der Waals surface area contributed by atoms with E-state index in [1.807, 2.05) is 24.3 Å². The standard InChI is InChI=1S/C20H24N4O4/c1-28-16-7-4-14(5-8-16)19(23-10-2-3-11-23)13-22-20(25)15-6-9-17(21)18(12-15)24(26)27/h4-9,12,19H,2-3,10-11,13,21H2,1H3,(H,22,25). The first-order chi connectivity index (χ1) is 13.5. The molecule has 1 saturated heterocycles. The number of amides is 1. The van der Waals surface area contributed by atoms with E-state index in [9.17, 15) is 14.9 Å². The molecule has 3 rings (SSSR count). The van der Waals surface area contributed by atoms with Gasteiger partial charge in [-0.2, -0.15) is 0 Å². The van der Waals surface area contributed by atoms with Crippen molar-refractivity contribution in [2.24, 2.45) is 0 Å². The number of nitrogen functional groups attached to an aromatic ring is 1. The van der Waals surface area contributed by atoms with Gasteiger partial charge in [0.25, 0.3) is 11.6 Å². The number of carbonyl (C=O) groups is 1. The topological polar surface area (TPSA) is 111 Å². The number of anilines is 1. The highest BCUT2D eigenvalue weighted by Gasteiger charge is 2.24. The lowest BCUT2D eigenvalue weighted by atomic mass is 10.0. The van der Waals surface area contributed by atoms with Gasteiger partial charge in [0.2, 0.25) is 0 Å². The molecule has 1 amide bonds. The van der Waals surface area contributed by atoms with Crippen molar-refractivity contribution in [3.05, 3.63) is 63.7 Å². The van der Waals surface area contributed by atoms with Crippen LogP contribution in [0.1, 0.15) is 34.8 Å². The average molecular weight is 384 g/mol. The van der Waals surface area contributed by atoms with Gasteiger partial charge in [0.1, 0.15) is 11.4 Å². The summed E-state index contributed by atoms with van der Waals surface area (Å²) in [6.07, 6.45) is 2.26. The predicted octanol–water partition coefficient (Wildman–Crippen LogP) is 2.75. The Labute approximate surface area is 163 Å². The normalized spacial score (nSPS) is 15.2. The lowest BCUT2D eigenvalue weighted by molar-refractivity contribution is -0.383. The van der Waals surface area contributed by atoms with Gasteiger partial charge in [-0.15, -0.1) is 0 Å². The summed E-state index contributed by atoms with van der Waals surface area (Å²) in [5.41, 5.74) is 6.68. The molecule has 1 atom stereocenters. The summed E-state index contributed by atoms with van der Waals surface area (Å²) < 4.78 is 5.22. The molecule has 0 radical (unpaired) electrons. The van der Waals surface area contributed by atoms with Gasteiger partial charge in [0.05, 0.1) is 18.1 Å². The maximum atomic E-state index is 12.6. The van der Waals surface area contributed by atoms with Crippen LogP contribution in [0.2, 0.25) is 0 Å². The van der Waals surface area contributed by atoms with Gasteiger partial charge in [-0.3, -0.25) is 19.8 Å². The molecule has 28 heavy (non-hydrogen) atoms. The van der Waals surface area contributed by atoms with Gasteiger partial charge < -0.3 is 15.8 Å². The van der Waals surface area contributed by atoms with E-state index in [0.717, 1.165) is 37.2 Å². The van der Waals surface area contributed by atoms with Gasteiger partial charge in [-0.25, -0.2) is 0 Å². The lowest BCUT2D eigenvalue weighted by Crippen LogP contribution is -2.36. The van der Waals surface area contributed by atoms with Crippen LogP contribution >= 0.6 is 0 Å². The number of carbonyl (C=O) groups excluding carboxylic acids is 1. The van der Waals surface area contributed by atoms with Crippen molar-refractivity contribution in [2.75, 3.05) is 32.5 Å². The third-order valence-electron chi connectivity index (χ3n) is 5.03. The number of nitrogens with one attached hydrogen (secondary N) is 1. The molecule has 1 fully saturated rings. The number of nitro benzene ring substituents is 1. The number of ether oxygens (including phenoxy) is 1. The second-order valence-electron chi connectivity index (χ2n) is 6.77. The molecule has 8 heteroatoms. The quantitative estimate of drug-likeness (QED) is 0.431. The van der Waals surface area contributed by atoms with E-state index in [-0.39, 0.29) is 28.9 Å². The second kappa shape index (κ2) is 8.71. The first-order valence-electron chi connectivity index (χ1n) is 9.19. The van der Waals surface area contributed by atoms with Crippen molar-refractivity contribution in [3.63, 3.8) is 0 Å². The van der Waals surface area contributed by atoms with Crippen LogP contribution in [0.4, 0.5) is 11.4 Å². The van der Waals surface area contributed by atoms with E-state index >= 15 is 0 Å². The maximum Gasteiger partial charge on any atom is 0.292 e. The molecule has 0 bridgehead atoms. The summed E-state index contributed by atoms with van der Waals surface area (Å²) in [5.74, 6) is 0.419. The molecule has 148 valence electrons. The number of nitrogens with two attached hydrogens (primary N) is 1. The Bertz CT molecular complexity index is 848. The van der Waals surface area contributed by atoms with E-state index < -0.39 is 4.92 Å². The number of nitrogens with zero attached hydrogens (tertiary/aromatic N) is 2. The molecule has 1 aliphatic rings. The van der Waals surface area contributed by atoms with E-state index in [0.29, 0.717) is 6.54 Å². The fourth-order valence-electron chi connectivity index (χ4n) is 3.47. The minimum atomic E-state index is -0.587. The van der Waals surface area contributed by atoms with Gasteiger partial charge in [-0.05, 0) is 55.8 Å². The number of benzene rings is 2. The number of likely N-dealkylation sites (tertiary alicyclic amines) is 1. The monoisotopic (exact) mass is 384 g/mol. The van der Waals surface area contributed by atoms with Gasteiger partial charge in [0.15, 0.2) is 0 Å². The van der Waals surface area contributed by atoms with Crippen LogP contribution in [-0.2, 0) is 0 Å².